The van der Waals surface area contributed by atoms with Crippen LogP contribution in [0.5, 0.6) is 0 Å². The van der Waals surface area contributed by atoms with Crippen LogP contribution in [-0.4, -0.2) is 10.1 Å². The first-order valence-corrected chi connectivity index (χ1v) is 5.38. The standard InChI is InChI=1S/C14H15NO/c1-11-2-3-14(9-15-11)8-12-4-6-13(10-16)7-5-12/h2-7,9,16H,8,10H2,1H3. The van der Waals surface area contributed by atoms with Gasteiger partial charge in [-0.2, -0.15) is 0 Å². The molecule has 0 aliphatic carbocycles. The highest BCUT2D eigenvalue weighted by Gasteiger charge is 1.97. The monoisotopic (exact) mass is 213 g/mol. The maximum atomic E-state index is 8.94. The Morgan fingerprint density at radius 1 is 0.938 bits per heavy atom. The summed E-state index contributed by atoms with van der Waals surface area (Å²) >= 11 is 0. The third-order valence-corrected chi connectivity index (χ3v) is 2.59. The molecule has 0 aliphatic heterocycles. The average molecular weight is 213 g/mol. The summed E-state index contributed by atoms with van der Waals surface area (Å²) in [7, 11) is 0. The third-order valence-electron chi connectivity index (χ3n) is 2.59. The van der Waals surface area contributed by atoms with Crippen molar-refractivity contribution in [1.29, 1.82) is 0 Å². The molecule has 0 bridgehead atoms. The van der Waals surface area contributed by atoms with Gasteiger partial charge in [0.25, 0.3) is 0 Å². The van der Waals surface area contributed by atoms with Crippen molar-refractivity contribution in [1.82, 2.24) is 4.98 Å². The van der Waals surface area contributed by atoms with Gasteiger partial charge in [-0.05, 0) is 36.1 Å². The van der Waals surface area contributed by atoms with Crippen LogP contribution in [0.3, 0.4) is 0 Å². The molecule has 0 saturated heterocycles. The molecule has 2 heteroatoms. The summed E-state index contributed by atoms with van der Waals surface area (Å²) in [5, 5.41) is 8.94. The number of pyridine rings is 1. The second-order valence-corrected chi connectivity index (χ2v) is 3.96. The molecule has 2 nitrogen and oxygen atoms in total. The molecule has 0 unspecified atom stereocenters. The van der Waals surface area contributed by atoms with Crippen molar-refractivity contribution in [2.24, 2.45) is 0 Å². The van der Waals surface area contributed by atoms with E-state index in [2.05, 4.69) is 11.1 Å². The topological polar surface area (TPSA) is 33.1 Å². The molecule has 0 radical (unpaired) electrons. The second-order valence-electron chi connectivity index (χ2n) is 3.96. The summed E-state index contributed by atoms with van der Waals surface area (Å²) in [5.41, 5.74) is 4.44. The van der Waals surface area contributed by atoms with Crippen molar-refractivity contribution in [3.63, 3.8) is 0 Å². The van der Waals surface area contributed by atoms with Gasteiger partial charge in [0.15, 0.2) is 0 Å². The molecule has 0 amide bonds. The molecule has 1 aromatic carbocycles. The van der Waals surface area contributed by atoms with Gasteiger partial charge < -0.3 is 5.11 Å². The van der Waals surface area contributed by atoms with Gasteiger partial charge in [-0.3, -0.25) is 4.98 Å². The van der Waals surface area contributed by atoms with E-state index in [4.69, 9.17) is 5.11 Å². The van der Waals surface area contributed by atoms with Crippen LogP contribution in [0.15, 0.2) is 42.6 Å². The minimum atomic E-state index is 0.104. The largest absolute Gasteiger partial charge is 0.392 e. The molecule has 1 heterocycles. The third kappa shape index (κ3) is 2.67. The fourth-order valence-electron chi connectivity index (χ4n) is 1.60. The molecule has 2 rings (SSSR count). The lowest BCUT2D eigenvalue weighted by Crippen LogP contribution is -1.91. The van der Waals surface area contributed by atoms with E-state index in [9.17, 15) is 0 Å². The predicted molar refractivity (Wildman–Crippen MR) is 64.1 cm³/mol. The Morgan fingerprint density at radius 3 is 2.12 bits per heavy atom. The van der Waals surface area contributed by atoms with Gasteiger partial charge >= 0.3 is 0 Å². The van der Waals surface area contributed by atoms with Crippen molar-refractivity contribution < 1.29 is 5.11 Å². The molecule has 0 aliphatic rings. The van der Waals surface area contributed by atoms with Gasteiger partial charge in [0.2, 0.25) is 0 Å². The van der Waals surface area contributed by atoms with Crippen LogP contribution in [-0.2, 0) is 13.0 Å². The number of aryl methyl sites for hydroxylation is 1. The highest BCUT2D eigenvalue weighted by molar-refractivity contribution is 5.27. The quantitative estimate of drug-likeness (QED) is 0.849. The first-order chi connectivity index (χ1) is 7.78. The molecule has 0 atom stereocenters. The molecule has 82 valence electrons. The first kappa shape index (κ1) is 10.8. The maximum Gasteiger partial charge on any atom is 0.0681 e. The summed E-state index contributed by atoms with van der Waals surface area (Å²) in [6.45, 7) is 2.09. The minimum absolute atomic E-state index is 0.104. The Bertz CT molecular complexity index is 445. The van der Waals surface area contributed by atoms with E-state index in [1.165, 1.54) is 11.1 Å². The molecule has 1 aromatic heterocycles. The average Bonchev–Trinajstić information content (AvgIpc) is 2.33. The molecule has 16 heavy (non-hydrogen) atoms. The minimum Gasteiger partial charge on any atom is -0.392 e. The van der Waals surface area contributed by atoms with Crippen molar-refractivity contribution in [3.05, 3.63) is 65.0 Å². The molecular formula is C14H15NO. The Kier molecular flexibility index (Phi) is 3.32. The normalized spacial score (nSPS) is 10.4. The second kappa shape index (κ2) is 4.90. The molecule has 1 N–H and O–H groups in total. The SMILES string of the molecule is Cc1ccc(Cc2ccc(CO)cc2)cn1. The summed E-state index contributed by atoms with van der Waals surface area (Å²) in [6.07, 6.45) is 2.80. The van der Waals surface area contributed by atoms with Crippen LogP contribution in [0.2, 0.25) is 0 Å². The van der Waals surface area contributed by atoms with E-state index in [1.807, 2.05) is 43.5 Å². The number of rotatable bonds is 3. The Labute approximate surface area is 95.6 Å². The summed E-state index contributed by atoms with van der Waals surface area (Å²) < 4.78 is 0. The van der Waals surface area contributed by atoms with Crippen LogP contribution < -0.4 is 0 Å². The smallest absolute Gasteiger partial charge is 0.0681 e. The van der Waals surface area contributed by atoms with Crippen LogP contribution >= 0.6 is 0 Å². The summed E-state index contributed by atoms with van der Waals surface area (Å²) in [6, 6.07) is 12.1. The Morgan fingerprint density at radius 2 is 1.56 bits per heavy atom. The van der Waals surface area contributed by atoms with Gasteiger partial charge in [-0.25, -0.2) is 0 Å². The van der Waals surface area contributed by atoms with Crippen LogP contribution in [0.4, 0.5) is 0 Å². The molecular weight excluding hydrogens is 198 g/mol. The Balaban J connectivity index is 2.11. The number of benzene rings is 1. The van der Waals surface area contributed by atoms with Gasteiger partial charge in [0, 0.05) is 11.9 Å². The van der Waals surface area contributed by atoms with E-state index < -0.39 is 0 Å². The van der Waals surface area contributed by atoms with E-state index in [0.29, 0.717) is 0 Å². The zero-order valence-corrected chi connectivity index (χ0v) is 9.35. The predicted octanol–water partition coefficient (Wildman–Crippen LogP) is 2.47. The van der Waals surface area contributed by atoms with Crippen LogP contribution in [0.25, 0.3) is 0 Å². The molecule has 2 aromatic rings. The number of hydrogen-bond donors (Lipinski definition) is 1. The highest BCUT2D eigenvalue weighted by atomic mass is 16.3. The van der Waals surface area contributed by atoms with Crippen molar-refractivity contribution in [3.8, 4) is 0 Å². The van der Waals surface area contributed by atoms with E-state index in [0.717, 1.165) is 17.7 Å². The number of hydrogen-bond acceptors (Lipinski definition) is 2. The van der Waals surface area contributed by atoms with E-state index in [-0.39, 0.29) is 6.61 Å². The van der Waals surface area contributed by atoms with Gasteiger partial charge in [-0.1, -0.05) is 30.3 Å². The van der Waals surface area contributed by atoms with Gasteiger partial charge in [0.1, 0.15) is 0 Å². The zero-order chi connectivity index (χ0) is 11.4. The fourth-order valence-corrected chi connectivity index (χ4v) is 1.60. The maximum absolute atomic E-state index is 8.94. The zero-order valence-electron chi connectivity index (χ0n) is 9.35. The van der Waals surface area contributed by atoms with Crippen molar-refractivity contribution in [2.75, 3.05) is 0 Å². The number of aliphatic hydroxyl groups is 1. The fraction of sp³-hybridized carbons (Fsp3) is 0.214. The number of nitrogens with zero attached hydrogens (tertiary/aromatic N) is 1. The number of aromatic nitrogens is 1. The number of aliphatic hydroxyl groups excluding tert-OH is 1. The first-order valence-electron chi connectivity index (χ1n) is 5.38. The van der Waals surface area contributed by atoms with Gasteiger partial charge in [-0.15, -0.1) is 0 Å². The molecule has 0 spiro atoms. The lowest BCUT2D eigenvalue weighted by atomic mass is 10.0. The van der Waals surface area contributed by atoms with Crippen molar-refractivity contribution >= 4 is 0 Å². The lowest BCUT2D eigenvalue weighted by molar-refractivity contribution is 0.282. The Hall–Kier alpha value is -1.67. The van der Waals surface area contributed by atoms with Crippen LogP contribution in [0.1, 0.15) is 22.4 Å². The molecule has 0 saturated carbocycles. The van der Waals surface area contributed by atoms with E-state index >= 15 is 0 Å². The van der Waals surface area contributed by atoms with Crippen LogP contribution in [0, 0.1) is 6.92 Å². The van der Waals surface area contributed by atoms with Gasteiger partial charge in [0.05, 0.1) is 6.61 Å². The van der Waals surface area contributed by atoms with Crippen molar-refractivity contribution in [2.45, 2.75) is 20.0 Å². The summed E-state index contributed by atoms with van der Waals surface area (Å²) in [4.78, 5) is 4.27. The lowest BCUT2D eigenvalue weighted by Gasteiger charge is -2.03. The van der Waals surface area contributed by atoms with E-state index in [1.54, 1.807) is 0 Å². The highest BCUT2D eigenvalue weighted by Crippen LogP contribution is 2.10. The summed E-state index contributed by atoms with van der Waals surface area (Å²) in [5.74, 6) is 0. The molecule has 0 fully saturated rings.